The summed E-state index contributed by atoms with van der Waals surface area (Å²) >= 11 is 0. The van der Waals surface area contributed by atoms with Gasteiger partial charge >= 0.3 is 6.18 Å². The van der Waals surface area contributed by atoms with E-state index in [2.05, 4.69) is 0 Å². The largest absolute Gasteiger partial charge is 0.406 e. The maximum Gasteiger partial charge on any atom is 0.406 e. The number of halogens is 3. The Hall–Kier alpha value is -0.820. The summed E-state index contributed by atoms with van der Waals surface area (Å²) in [6, 6.07) is 0. The Morgan fingerprint density at radius 2 is 2.05 bits per heavy atom. The fourth-order valence-electron chi connectivity index (χ4n) is 2.59. The lowest BCUT2D eigenvalue weighted by Crippen LogP contribution is -2.45. The SMILES string of the molecule is NCC1CCCC(C(=O)N(CCO)CC(F)(F)F)C1. The van der Waals surface area contributed by atoms with E-state index < -0.39 is 31.2 Å². The summed E-state index contributed by atoms with van der Waals surface area (Å²) < 4.78 is 37.2. The Balaban J connectivity index is 2.64. The fraction of sp³-hybridized carbons (Fsp3) is 0.917. The van der Waals surface area contributed by atoms with Crippen LogP contribution in [0.25, 0.3) is 0 Å². The molecule has 0 aromatic carbocycles. The van der Waals surface area contributed by atoms with E-state index in [4.69, 9.17) is 10.8 Å². The number of rotatable bonds is 5. The van der Waals surface area contributed by atoms with Crippen LogP contribution in [0.2, 0.25) is 0 Å². The summed E-state index contributed by atoms with van der Waals surface area (Å²) in [4.78, 5) is 12.8. The molecule has 19 heavy (non-hydrogen) atoms. The van der Waals surface area contributed by atoms with Gasteiger partial charge in [-0.3, -0.25) is 4.79 Å². The number of nitrogens with two attached hydrogens (primary N) is 1. The first-order chi connectivity index (χ1) is 8.87. The minimum Gasteiger partial charge on any atom is -0.395 e. The molecule has 1 rings (SSSR count). The zero-order chi connectivity index (χ0) is 14.5. The summed E-state index contributed by atoms with van der Waals surface area (Å²) in [5.41, 5.74) is 5.56. The van der Waals surface area contributed by atoms with E-state index in [0.717, 1.165) is 12.8 Å². The van der Waals surface area contributed by atoms with Gasteiger partial charge in [-0.2, -0.15) is 13.2 Å². The van der Waals surface area contributed by atoms with Crippen molar-refractivity contribution in [3.63, 3.8) is 0 Å². The summed E-state index contributed by atoms with van der Waals surface area (Å²) in [6.45, 7) is -1.57. The Kier molecular flexibility index (Phi) is 6.06. The maximum atomic E-state index is 12.4. The molecule has 1 amide bonds. The van der Waals surface area contributed by atoms with Gasteiger partial charge < -0.3 is 15.7 Å². The molecule has 0 bridgehead atoms. The molecule has 0 aromatic heterocycles. The molecule has 0 aromatic rings. The van der Waals surface area contributed by atoms with Crippen molar-refractivity contribution in [3.8, 4) is 0 Å². The molecule has 0 radical (unpaired) electrons. The third-order valence-electron chi connectivity index (χ3n) is 3.52. The second-order valence-corrected chi connectivity index (χ2v) is 5.06. The zero-order valence-corrected chi connectivity index (χ0v) is 10.8. The monoisotopic (exact) mass is 282 g/mol. The third kappa shape index (κ3) is 5.36. The molecule has 2 atom stereocenters. The van der Waals surface area contributed by atoms with Gasteiger partial charge in [-0.1, -0.05) is 6.42 Å². The smallest absolute Gasteiger partial charge is 0.395 e. The second kappa shape index (κ2) is 7.09. The lowest BCUT2D eigenvalue weighted by Gasteiger charge is -2.32. The lowest BCUT2D eigenvalue weighted by molar-refractivity contribution is -0.165. The van der Waals surface area contributed by atoms with Crippen molar-refractivity contribution in [1.82, 2.24) is 4.90 Å². The average Bonchev–Trinajstić information content (AvgIpc) is 2.36. The highest BCUT2D eigenvalue weighted by atomic mass is 19.4. The van der Waals surface area contributed by atoms with Crippen LogP contribution in [0.3, 0.4) is 0 Å². The highest BCUT2D eigenvalue weighted by Crippen LogP contribution is 2.30. The van der Waals surface area contributed by atoms with E-state index in [-0.39, 0.29) is 12.5 Å². The third-order valence-corrected chi connectivity index (χ3v) is 3.52. The highest BCUT2D eigenvalue weighted by molar-refractivity contribution is 5.79. The van der Waals surface area contributed by atoms with Gasteiger partial charge in [0.15, 0.2) is 0 Å². The van der Waals surface area contributed by atoms with Crippen LogP contribution in [0.5, 0.6) is 0 Å². The molecular weight excluding hydrogens is 261 g/mol. The summed E-state index contributed by atoms with van der Waals surface area (Å²) in [6.07, 6.45) is -1.53. The number of amides is 1. The van der Waals surface area contributed by atoms with Crippen molar-refractivity contribution in [2.45, 2.75) is 31.9 Å². The van der Waals surface area contributed by atoms with Gasteiger partial charge in [0, 0.05) is 12.5 Å². The first-order valence-corrected chi connectivity index (χ1v) is 6.54. The van der Waals surface area contributed by atoms with Gasteiger partial charge in [0.2, 0.25) is 5.91 Å². The van der Waals surface area contributed by atoms with E-state index in [1.165, 1.54) is 0 Å². The number of aliphatic hydroxyl groups is 1. The van der Waals surface area contributed by atoms with Gasteiger partial charge in [-0.05, 0) is 31.7 Å². The quantitative estimate of drug-likeness (QED) is 0.794. The molecule has 0 saturated heterocycles. The number of carbonyl (C=O) groups excluding carboxylic acids is 1. The first kappa shape index (κ1) is 16.2. The summed E-state index contributed by atoms with van der Waals surface area (Å²) in [5, 5.41) is 8.80. The molecular formula is C12H21F3N2O2. The molecule has 1 saturated carbocycles. The minimum atomic E-state index is -4.44. The molecule has 1 fully saturated rings. The highest BCUT2D eigenvalue weighted by Gasteiger charge is 2.36. The normalized spacial score (nSPS) is 24.3. The van der Waals surface area contributed by atoms with Crippen LogP contribution in [0.1, 0.15) is 25.7 Å². The number of hydrogen-bond donors (Lipinski definition) is 2. The lowest BCUT2D eigenvalue weighted by atomic mass is 9.80. The van der Waals surface area contributed by atoms with Crippen molar-refractivity contribution < 1.29 is 23.1 Å². The summed E-state index contributed by atoms with van der Waals surface area (Å²) in [7, 11) is 0. The van der Waals surface area contributed by atoms with Gasteiger partial charge in [-0.15, -0.1) is 0 Å². The molecule has 112 valence electrons. The van der Waals surface area contributed by atoms with Gasteiger partial charge in [0.1, 0.15) is 6.54 Å². The van der Waals surface area contributed by atoms with Crippen LogP contribution in [0.15, 0.2) is 0 Å². The van der Waals surface area contributed by atoms with Crippen LogP contribution in [0, 0.1) is 11.8 Å². The van der Waals surface area contributed by atoms with E-state index in [0.29, 0.717) is 24.3 Å². The zero-order valence-electron chi connectivity index (χ0n) is 10.8. The van der Waals surface area contributed by atoms with Crippen molar-refractivity contribution in [3.05, 3.63) is 0 Å². The first-order valence-electron chi connectivity index (χ1n) is 6.54. The molecule has 0 heterocycles. The van der Waals surface area contributed by atoms with Crippen LogP contribution in [0.4, 0.5) is 13.2 Å². The van der Waals surface area contributed by atoms with Crippen molar-refractivity contribution in [2.24, 2.45) is 17.6 Å². The van der Waals surface area contributed by atoms with Gasteiger partial charge in [0.25, 0.3) is 0 Å². The topological polar surface area (TPSA) is 66.6 Å². The number of carbonyl (C=O) groups is 1. The standard InChI is InChI=1S/C12H21F3N2O2/c13-12(14,15)8-17(4-5-18)11(19)10-3-1-2-9(6-10)7-16/h9-10,18H,1-8,16H2. The van der Waals surface area contributed by atoms with E-state index >= 15 is 0 Å². The minimum absolute atomic E-state index is 0.213. The average molecular weight is 282 g/mol. The molecule has 7 heteroatoms. The molecule has 0 aliphatic heterocycles. The van der Waals surface area contributed by atoms with Gasteiger partial charge in [-0.25, -0.2) is 0 Å². The van der Waals surface area contributed by atoms with Crippen LogP contribution in [-0.4, -0.2) is 48.3 Å². The predicted octanol–water partition coefficient (Wildman–Crippen LogP) is 1.13. The number of alkyl halides is 3. The maximum absolute atomic E-state index is 12.4. The molecule has 0 spiro atoms. The number of nitrogens with zero attached hydrogens (tertiary/aromatic N) is 1. The molecule has 2 unspecified atom stereocenters. The van der Waals surface area contributed by atoms with Crippen LogP contribution in [-0.2, 0) is 4.79 Å². The predicted molar refractivity (Wildman–Crippen MR) is 64.2 cm³/mol. The second-order valence-electron chi connectivity index (χ2n) is 5.06. The van der Waals surface area contributed by atoms with E-state index in [1.807, 2.05) is 0 Å². The molecule has 4 nitrogen and oxygen atoms in total. The summed E-state index contributed by atoms with van der Waals surface area (Å²) in [5.74, 6) is -0.690. The van der Waals surface area contributed by atoms with Crippen molar-refractivity contribution in [2.75, 3.05) is 26.2 Å². The Labute approximate surface area is 110 Å². The Morgan fingerprint density at radius 1 is 1.37 bits per heavy atom. The fourth-order valence-corrected chi connectivity index (χ4v) is 2.59. The Bertz CT molecular complexity index is 297. The van der Waals surface area contributed by atoms with E-state index in [1.54, 1.807) is 0 Å². The number of hydrogen-bond acceptors (Lipinski definition) is 3. The molecule has 1 aliphatic rings. The number of aliphatic hydroxyl groups excluding tert-OH is 1. The van der Waals surface area contributed by atoms with E-state index in [9.17, 15) is 18.0 Å². The van der Waals surface area contributed by atoms with Crippen molar-refractivity contribution in [1.29, 1.82) is 0 Å². The Morgan fingerprint density at radius 3 is 2.58 bits per heavy atom. The van der Waals surface area contributed by atoms with Gasteiger partial charge in [0.05, 0.1) is 6.61 Å². The van der Waals surface area contributed by atoms with Crippen LogP contribution >= 0.6 is 0 Å². The molecule has 1 aliphatic carbocycles. The van der Waals surface area contributed by atoms with Crippen molar-refractivity contribution >= 4 is 5.91 Å². The van der Waals surface area contributed by atoms with Crippen LogP contribution < -0.4 is 5.73 Å². The molecule has 3 N–H and O–H groups in total.